The van der Waals surface area contributed by atoms with Crippen LogP contribution >= 0.6 is 0 Å². The van der Waals surface area contributed by atoms with Crippen LogP contribution in [-0.2, 0) is 18.4 Å². The van der Waals surface area contributed by atoms with E-state index in [9.17, 15) is 9.59 Å². The number of hydrogen-bond donors (Lipinski definition) is 0. The summed E-state index contributed by atoms with van der Waals surface area (Å²) in [6.07, 6.45) is 0. The third-order valence-electron chi connectivity index (χ3n) is 4.11. The van der Waals surface area contributed by atoms with Gasteiger partial charge in [0.05, 0.1) is 5.69 Å². The summed E-state index contributed by atoms with van der Waals surface area (Å²) in [5.41, 5.74) is 2.36. The van der Waals surface area contributed by atoms with Crippen molar-refractivity contribution in [3.05, 3.63) is 62.9 Å². The number of carbonyl (C=O) groups excluding carboxylic acids is 1. The Morgan fingerprint density at radius 1 is 1.23 bits per heavy atom. The first kappa shape index (κ1) is 17.5. The van der Waals surface area contributed by atoms with E-state index in [2.05, 4.69) is 15.2 Å². The molecule has 0 aliphatic rings. The van der Waals surface area contributed by atoms with Crippen LogP contribution in [0, 0.1) is 20.8 Å². The minimum absolute atomic E-state index is 0.0429. The Morgan fingerprint density at radius 2 is 1.96 bits per heavy atom. The van der Waals surface area contributed by atoms with E-state index >= 15 is 0 Å². The van der Waals surface area contributed by atoms with E-state index in [-0.39, 0.29) is 18.1 Å². The third-order valence-corrected chi connectivity index (χ3v) is 4.11. The van der Waals surface area contributed by atoms with Crippen LogP contribution in [0.25, 0.3) is 11.4 Å². The first-order valence-electron chi connectivity index (χ1n) is 7.98. The third kappa shape index (κ3) is 3.26. The molecule has 3 rings (SSSR count). The molecular weight excluding hydrogens is 336 g/mol. The fourth-order valence-electron chi connectivity index (χ4n) is 2.54. The molecule has 0 N–H and O–H groups in total. The van der Waals surface area contributed by atoms with Crippen molar-refractivity contribution in [2.75, 3.05) is 0 Å². The van der Waals surface area contributed by atoms with E-state index in [1.54, 1.807) is 13.8 Å². The lowest BCUT2D eigenvalue weighted by atomic mass is 10.1. The van der Waals surface area contributed by atoms with E-state index in [1.165, 1.54) is 7.05 Å². The lowest BCUT2D eigenvalue weighted by Gasteiger charge is -2.08. The Morgan fingerprint density at radius 3 is 2.69 bits per heavy atom. The minimum Gasteiger partial charge on any atom is -0.452 e. The summed E-state index contributed by atoms with van der Waals surface area (Å²) in [6, 6.07) is 7.61. The Bertz CT molecular complexity index is 1040. The van der Waals surface area contributed by atoms with Crippen LogP contribution in [0.15, 0.2) is 33.6 Å². The first-order valence-corrected chi connectivity index (χ1v) is 7.98. The largest absolute Gasteiger partial charge is 0.452 e. The van der Waals surface area contributed by atoms with Crippen molar-refractivity contribution < 1.29 is 14.1 Å². The number of aryl methyl sites for hydroxylation is 3. The van der Waals surface area contributed by atoms with E-state index in [0.717, 1.165) is 15.8 Å². The van der Waals surface area contributed by atoms with E-state index in [4.69, 9.17) is 9.26 Å². The summed E-state index contributed by atoms with van der Waals surface area (Å²) in [5.74, 6) is -0.179. The molecule has 0 aliphatic heterocycles. The number of rotatable bonds is 4. The average molecular weight is 354 g/mol. The maximum absolute atomic E-state index is 12.3. The number of aromatic nitrogens is 4. The van der Waals surface area contributed by atoms with E-state index < -0.39 is 11.5 Å². The lowest BCUT2D eigenvalue weighted by molar-refractivity contribution is 0.0425. The second-order valence-corrected chi connectivity index (χ2v) is 5.92. The number of esters is 1. The van der Waals surface area contributed by atoms with Gasteiger partial charge in [0, 0.05) is 12.6 Å². The van der Waals surface area contributed by atoms with Crippen LogP contribution in [0.3, 0.4) is 0 Å². The second kappa shape index (κ2) is 6.91. The maximum atomic E-state index is 12.3. The molecule has 0 saturated carbocycles. The second-order valence-electron chi connectivity index (χ2n) is 5.92. The quantitative estimate of drug-likeness (QED) is 0.661. The molecule has 0 unspecified atom stereocenters. The molecule has 0 amide bonds. The smallest absolute Gasteiger partial charge is 0.344 e. The zero-order valence-corrected chi connectivity index (χ0v) is 14.9. The number of carbonyl (C=O) groups is 1. The number of benzene rings is 1. The molecule has 0 radical (unpaired) electrons. The number of ether oxygens (including phenoxy) is 1. The molecule has 8 heteroatoms. The molecule has 1 aromatic carbocycles. The van der Waals surface area contributed by atoms with Crippen molar-refractivity contribution in [3.63, 3.8) is 0 Å². The van der Waals surface area contributed by atoms with E-state index in [0.29, 0.717) is 17.1 Å². The summed E-state index contributed by atoms with van der Waals surface area (Å²) < 4.78 is 11.4. The molecule has 0 fully saturated rings. The average Bonchev–Trinajstić information content (AvgIpc) is 3.07. The van der Waals surface area contributed by atoms with Crippen LogP contribution in [0.1, 0.15) is 33.1 Å². The van der Waals surface area contributed by atoms with Crippen molar-refractivity contribution in [2.45, 2.75) is 27.4 Å². The van der Waals surface area contributed by atoms with Crippen molar-refractivity contribution >= 4 is 5.97 Å². The molecule has 0 aliphatic carbocycles. The lowest BCUT2D eigenvalue weighted by Crippen LogP contribution is -2.29. The van der Waals surface area contributed by atoms with Crippen LogP contribution in [0.4, 0.5) is 0 Å². The SMILES string of the molecule is Cc1ccccc1-c1noc(COC(=O)c2c(C)c(C)nn(C)c2=O)n1. The number of nitrogens with zero attached hydrogens (tertiary/aromatic N) is 4. The molecule has 26 heavy (non-hydrogen) atoms. The topological polar surface area (TPSA) is 100 Å². The fourth-order valence-corrected chi connectivity index (χ4v) is 2.54. The van der Waals surface area contributed by atoms with Gasteiger partial charge in [-0.3, -0.25) is 4.79 Å². The van der Waals surface area contributed by atoms with Crippen LogP contribution in [-0.4, -0.2) is 25.9 Å². The highest BCUT2D eigenvalue weighted by Crippen LogP contribution is 2.20. The molecule has 0 spiro atoms. The molecule has 0 atom stereocenters. The normalized spacial score (nSPS) is 10.8. The first-order chi connectivity index (χ1) is 12.4. The summed E-state index contributed by atoms with van der Waals surface area (Å²) in [5, 5.41) is 7.94. The van der Waals surface area contributed by atoms with Gasteiger partial charge in [0.15, 0.2) is 6.61 Å². The van der Waals surface area contributed by atoms with Gasteiger partial charge in [-0.1, -0.05) is 29.4 Å². The van der Waals surface area contributed by atoms with Crippen molar-refractivity contribution in [3.8, 4) is 11.4 Å². The van der Waals surface area contributed by atoms with Gasteiger partial charge in [-0.05, 0) is 31.9 Å². The number of hydrogen-bond acceptors (Lipinski definition) is 7. The van der Waals surface area contributed by atoms with Crippen LogP contribution in [0.2, 0.25) is 0 Å². The Labute approximate surface area is 149 Å². The molecule has 8 nitrogen and oxygen atoms in total. The fraction of sp³-hybridized carbons (Fsp3) is 0.278. The van der Waals surface area contributed by atoms with Gasteiger partial charge in [-0.15, -0.1) is 0 Å². The highest BCUT2D eigenvalue weighted by Gasteiger charge is 2.20. The van der Waals surface area contributed by atoms with Gasteiger partial charge in [-0.25, -0.2) is 9.48 Å². The monoisotopic (exact) mass is 354 g/mol. The molecule has 2 aromatic heterocycles. The zero-order valence-electron chi connectivity index (χ0n) is 14.9. The van der Waals surface area contributed by atoms with Gasteiger partial charge in [0.1, 0.15) is 5.56 Å². The van der Waals surface area contributed by atoms with Gasteiger partial charge >= 0.3 is 5.97 Å². The molecule has 3 aromatic rings. The maximum Gasteiger partial charge on any atom is 0.344 e. The predicted molar refractivity (Wildman–Crippen MR) is 92.5 cm³/mol. The standard InChI is InChI=1S/C18H18N4O4/c1-10-7-5-6-8-13(10)16-19-14(26-21-16)9-25-18(24)15-11(2)12(3)20-22(4)17(15)23/h5-8H,9H2,1-4H3. The molecule has 0 saturated heterocycles. The highest BCUT2D eigenvalue weighted by atomic mass is 16.6. The predicted octanol–water partition coefficient (Wildman–Crippen LogP) is 2.11. The summed E-state index contributed by atoms with van der Waals surface area (Å²) in [7, 11) is 1.48. The van der Waals surface area contributed by atoms with Gasteiger partial charge in [0.25, 0.3) is 11.4 Å². The van der Waals surface area contributed by atoms with Gasteiger partial charge in [-0.2, -0.15) is 10.1 Å². The Hall–Kier alpha value is -3.29. The molecule has 2 heterocycles. The molecular formula is C18H18N4O4. The Kier molecular flexibility index (Phi) is 4.66. The van der Waals surface area contributed by atoms with Crippen LogP contribution < -0.4 is 5.56 Å². The summed E-state index contributed by atoms with van der Waals surface area (Å²) in [4.78, 5) is 28.7. The van der Waals surface area contributed by atoms with E-state index in [1.807, 2.05) is 31.2 Å². The highest BCUT2D eigenvalue weighted by molar-refractivity contribution is 5.90. The van der Waals surface area contributed by atoms with Crippen molar-refractivity contribution in [2.24, 2.45) is 7.05 Å². The van der Waals surface area contributed by atoms with Crippen molar-refractivity contribution in [1.82, 2.24) is 19.9 Å². The molecule has 0 bridgehead atoms. The van der Waals surface area contributed by atoms with Gasteiger partial charge in [0.2, 0.25) is 5.82 Å². The zero-order chi connectivity index (χ0) is 18.8. The minimum atomic E-state index is -0.746. The molecule has 134 valence electrons. The van der Waals surface area contributed by atoms with Crippen LogP contribution in [0.5, 0.6) is 0 Å². The summed E-state index contributed by atoms with van der Waals surface area (Å²) in [6.45, 7) is 5.10. The Balaban J connectivity index is 1.78. The van der Waals surface area contributed by atoms with Crippen molar-refractivity contribution in [1.29, 1.82) is 0 Å². The van der Waals surface area contributed by atoms with Gasteiger partial charge < -0.3 is 9.26 Å². The summed E-state index contributed by atoms with van der Waals surface area (Å²) >= 11 is 0.